The number of carboxylic acid groups (broad SMARTS) is 1. The minimum absolute atomic E-state index is 0.153. The average molecular weight is 289 g/mol. The van der Waals surface area contributed by atoms with Crippen molar-refractivity contribution >= 4 is 23.4 Å². The summed E-state index contributed by atoms with van der Waals surface area (Å²) in [5.74, 6) is -2.73. The van der Waals surface area contributed by atoms with Crippen LogP contribution in [0.1, 0.15) is 15.9 Å². The summed E-state index contributed by atoms with van der Waals surface area (Å²) in [7, 11) is 0. The topological polar surface area (TPSA) is 54.4 Å². The van der Waals surface area contributed by atoms with Gasteiger partial charge in [0, 0.05) is 5.56 Å². The standard InChI is InChI=1S/C16H13ClO3/c17-14-9-5-4-8-12(14)15(18)13(16(19)20)10-11-6-2-1-3-7-11/h1-9,13H,10H2,(H,19,20). The number of aliphatic carboxylic acids is 1. The first-order valence-corrected chi connectivity index (χ1v) is 6.53. The summed E-state index contributed by atoms with van der Waals surface area (Å²) in [4.78, 5) is 23.7. The lowest BCUT2D eigenvalue weighted by Gasteiger charge is -2.12. The summed E-state index contributed by atoms with van der Waals surface area (Å²) in [5.41, 5.74) is 1.05. The van der Waals surface area contributed by atoms with Crippen molar-refractivity contribution in [1.82, 2.24) is 0 Å². The summed E-state index contributed by atoms with van der Waals surface area (Å²) >= 11 is 5.96. The first-order valence-electron chi connectivity index (χ1n) is 6.15. The Bertz CT molecular complexity index is 623. The first-order chi connectivity index (χ1) is 9.59. The summed E-state index contributed by atoms with van der Waals surface area (Å²) in [6.07, 6.45) is 0.153. The number of Topliss-reactive ketones (excluding diaryl/α,β-unsaturated/α-hetero) is 1. The van der Waals surface area contributed by atoms with Crippen LogP contribution in [0.15, 0.2) is 54.6 Å². The number of carboxylic acids is 1. The molecule has 0 spiro atoms. The number of carbonyl (C=O) groups excluding carboxylic acids is 1. The Labute approximate surface area is 121 Å². The number of benzene rings is 2. The van der Waals surface area contributed by atoms with E-state index < -0.39 is 17.7 Å². The van der Waals surface area contributed by atoms with E-state index in [-0.39, 0.29) is 17.0 Å². The number of hydrogen-bond donors (Lipinski definition) is 1. The lowest BCUT2D eigenvalue weighted by atomic mass is 9.91. The zero-order valence-electron chi connectivity index (χ0n) is 10.6. The zero-order chi connectivity index (χ0) is 14.5. The molecule has 1 atom stereocenters. The number of halogens is 1. The van der Waals surface area contributed by atoms with Gasteiger partial charge in [0.25, 0.3) is 0 Å². The molecular formula is C16H13ClO3. The summed E-state index contributed by atoms with van der Waals surface area (Å²) in [6.45, 7) is 0. The van der Waals surface area contributed by atoms with Crippen LogP contribution in [0.3, 0.4) is 0 Å². The predicted octanol–water partition coefficient (Wildman–Crippen LogP) is 3.47. The molecule has 0 saturated heterocycles. The molecule has 0 aliphatic rings. The van der Waals surface area contributed by atoms with Crippen molar-refractivity contribution < 1.29 is 14.7 Å². The van der Waals surface area contributed by atoms with Gasteiger partial charge >= 0.3 is 5.97 Å². The minimum Gasteiger partial charge on any atom is -0.481 e. The normalized spacial score (nSPS) is 11.8. The van der Waals surface area contributed by atoms with E-state index in [1.807, 2.05) is 18.2 Å². The van der Waals surface area contributed by atoms with E-state index in [1.165, 1.54) is 0 Å². The van der Waals surface area contributed by atoms with E-state index in [4.69, 9.17) is 11.6 Å². The molecule has 102 valence electrons. The molecule has 0 amide bonds. The Kier molecular flexibility index (Phi) is 4.53. The van der Waals surface area contributed by atoms with Gasteiger partial charge in [0.15, 0.2) is 5.78 Å². The maximum absolute atomic E-state index is 12.3. The van der Waals surface area contributed by atoms with E-state index in [0.29, 0.717) is 0 Å². The van der Waals surface area contributed by atoms with E-state index in [2.05, 4.69) is 0 Å². The second-order valence-corrected chi connectivity index (χ2v) is 4.83. The molecule has 2 aromatic carbocycles. The molecule has 2 rings (SSSR count). The second kappa shape index (κ2) is 6.35. The number of rotatable bonds is 5. The van der Waals surface area contributed by atoms with Crippen molar-refractivity contribution in [3.63, 3.8) is 0 Å². The molecule has 3 nitrogen and oxygen atoms in total. The predicted molar refractivity (Wildman–Crippen MR) is 77.1 cm³/mol. The summed E-state index contributed by atoms with van der Waals surface area (Å²) < 4.78 is 0. The molecule has 2 aromatic rings. The van der Waals surface area contributed by atoms with Gasteiger partial charge in [-0.1, -0.05) is 54.1 Å². The van der Waals surface area contributed by atoms with E-state index in [1.54, 1.807) is 36.4 Å². The first kappa shape index (κ1) is 14.3. The third-order valence-corrected chi connectivity index (χ3v) is 3.37. The lowest BCUT2D eigenvalue weighted by Crippen LogP contribution is -2.26. The van der Waals surface area contributed by atoms with Crippen LogP contribution in [0.5, 0.6) is 0 Å². The maximum Gasteiger partial charge on any atom is 0.314 e. The fraction of sp³-hybridized carbons (Fsp3) is 0.125. The lowest BCUT2D eigenvalue weighted by molar-refractivity contribution is -0.139. The van der Waals surface area contributed by atoms with Crippen LogP contribution in [-0.4, -0.2) is 16.9 Å². The van der Waals surface area contributed by atoms with Crippen LogP contribution in [-0.2, 0) is 11.2 Å². The Morgan fingerprint density at radius 3 is 2.20 bits per heavy atom. The monoisotopic (exact) mass is 288 g/mol. The van der Waals surface area contributed by atoms with E-state index >= 15 is 0 Å². The fourth-order valence-electron chi connectivity index (χ4n) is 1.99. The quantitative estimate of drug-likeness (QED) is 0.677. The highest BCUT2D eigenvalue weighted by molar-refractivity contribution is 6.34. The molecule has 4 heteroatoms. The Morgan fingerprint density at radius 1 is 1.00 bits per heavy atom. The molecule has 0 heterocycles. The molecule has 0 saturated carbocycles. The van der Waals surface area contributed by atoms with Gasteiger partial charge in [-0.3, -0.25) is 9.59 Å². The van der Waals surface area contributed by atoms with Gasteiger partial charge in [-0.15, -0.1) is 0 Å². The van der Waals surface area contributed by atoms with Crippen LogP contribution in [0.25, 0.3) is 0 Å². The molecule has 0 fully saturated rings. The van der Waals surface area contributed by atoms with Gasteiger partial charge in [0.2, 0.25) is 0 Å². The van der Waals surface area contributed by atoms with Gasteiger partial charge in [-0.05, 0) is 24.1 Å². The SMILES string of the molecule is O=C(O)C(Cc1ccccc1)C(=O)c1ccccc1Cl. The van der Waals surface area contributed by atoms with Gasteiger partial charge < -0.3 is 5.11 Å². The molecule has 0 radical (unpaired) electrons. The number of carbonyl (C=O) groups is 2. The average Bonchev–Trinajstić information content (AvgIpc) is 2.45. The van der Waals surface area contributed by atoms with Crippen LogP contribution in [0.4, 0.5) is 0 Å². The van der Waals surface area contributed by atoms with Gasteiger partial charge in [-0.2, -0.15) is 0 Å². The molecule has 0 aliphatic carbocycles. The number of ketones is 1. The largest absolute Gasteiger partial charge is 0.481 e. The highest BCUT2D eigenvalue weighted by Gasteiger charge is 2.28. The van der Waals surface area contributed by atoms with Gasteiger partial charge in [0.1, 0.15) is 5.92 Å². The van der Waals surface area contributed by atoms with Crippen LogP contribution in [0.2, 0.25) is 5.02 Å². The highest BCUT2D eigenvalue weighted by Crippen LogP contribution is 2.21. The fourth-order valence-corrected chi connectivity index (χ4v) is 2.22. The second-order valence-electron chi connectivity index (χ2n) is 4.42. The van der Waals surface area contributed by atoms with E-state index in [9.17, 15) is 14.7 Å². The highest BCUT2D eigenvalue weighted by atomic mass is 35.5. The van der Waals surface area contributed by atoms with Crippen molar-refractivity contribution in [2.24, 2.45) is 5.92 Å². The van der Waals surface area contributed by atoms with Gasteiger partial charge in [0.05, 0.1) is 5.02 Å². The molecule has 0 bridgehead atoms. The zero-order valence-corrected chi connectivity index (χ0v) is 11.4. The number of hydrogen-bond acceptors (Lipinski definition) is 2. The Hall–Kier alpha value is -2.13. The van der Waals surface area contributed by atoms with Crippen molar-refractivity contribution in [2.75, 3.05) is 0 Å². The molecule has 0 aliphatic heterocycles. The molecule has 0 aromatic heterocycles. The van der Waals surface area contributed by atoms with Crippen molar-refractivity contribution in [1.29, 1.82) is 0 Å². The molecule has 1 unspecified atom stereocenters. The summed E-state index contributed by atoms with van der Waals surface area (Å²) in [5, 5.41) is 9.57. The van der Waals surface area contributed by atoms with E-state index in [0.717, 1.165) is 5.56 Å². The molecule has 20 heavy (non-hydrogen) atoms. The van der Waals surface area contributed by atoms with Crippen molar-refractivity contribution in [2.45, 2.75) is 6.42 Å². The third-order valence-electron chi connectivity index (χ3n) is 3.04. The summed E-state index contributed by atoms with van der Waals surface area (Å²) in [6, 6.07) is 15.6. The molecular weight excluding hydrogens is 276 g/mol. The minimum atomic E-state index is -1.14. The maximum atomic E-state index is 12.3. The van der Waals surface area contributed by atoms with Crippen molar-refractivity contribution in [3.05, 3.63) is 70.7 Å². The Morgan fingerprint density at radius 2 is 1.60 bits per heavy atom. The molecule has 1 N–H and O–H groups in total. The van der Waals surface area contributed by atoms with Crippen LogP contribution >= 0.6 is 11.6 Å². The van der Waals surface area contributed by atoms with Gasteiger partial charge in [-0.25, -0.2) is 0 Å². The third kappa shape index (κ3) is 3.25. The van der Waals surface area contributed by atoms with Crippen LogP contribution < -0.4 is 0 Å². The van der Waals surface area contributed by atoms with Crippen LogP contribution in [0, 0.1) is 5.92 Å². The van der Waals surface area contributed by atoms with Crippen molar-refractivity contribution in [3.8, 4) is 0 Å². The smallest absolute Gasteiger partial charge is 0.314 e. The Balaban J connectivity index is 2.28.